The van der Waals surface area contributed by atoms with Crippen molar-refractivity contribution in [2.75, 3.05) is 0 Å². The average molecular weight is 243 g/mol. The fourth-order valence-electron chi connectivity index (χ4n) is 2.41. The summed E-state index contributed by atoms with van der Waals surface area (Å²) in [5.41, 5.74) is 0.591. The number of benzene rings is 1. The topological polar surface area (TPSA) is 12.0 Å². The maximum atomic E-state index is 13.7. The third kappa shape index (κ3) is 2.46. The highest BCUT2D eigenvalue weighted by molar-refractivity contribution is 5.23. The molecule has 4 heteroatoms. The Kier molecular flexibility index (Phi) is 3.17. The van der Waals surface area contributed by atoms with Gasteiger partial charge in [0.2, 0.25) is 0 Å². The van der Waals surface area contributed by atoms with Gasteiger partial charge in [-0.05, 0) is 23.6 Å². The van der Waals surface area contributed by atoms with E-state index in [-0.39, 0.29) is 18.2 Å². The lowest BCUT2D eigenvalue weighted by molar-refractivity contribution is -0.0250. The van der Waals surface area contributed by atoms with Crippen LogP contribution in [0.15, 0.2) is 24.3 Å². The minimum atomic E-state index is -2.73. The molecule has 1 aliphatic heterocycles. The van der Waals surface area contributed by atoms with E-state index >= 15 is 0 Å². The molecule has 0 spiro atoms. The van der Waals surface area contributed by atoms with E-state index in [9.17, 15) is 13.2 Å². The molecule has 1 fully saturated rings. The van der Waals surface area contributed by atoms with Crippen LogP contribution in [0.2, 0.25) is 0 Å². The van der Waals surface area contributed by atoms with Crippen LogP contribution in [0.4, 0.5) is 13.2 Å². The molecular weight excluding hydrogens is 227 g/mol. The van der Waals surface area contributed by atoms with Gasteiger partial charge in [0.05, 0.1) is 6.04 Å². The van der Waals surface area contributed by atoms with Gasteiger partial charge >= 0.3 is 0 Å². The standard InChI is InChI=1S/C13H16F3N/c1-8(2)12-13(15,16)7-11(17-12)9-4-3-5-10(14)6-9/h3-6,8,11-12,17H,7H2,1-2H3/t11-,12-/m0/s1. The van der Waals surface area contributed by atoms with Gasteiger partial charge in [0.15, 0.2) is 0 Å². The first-order valence-electron chi connectivity index (χ1n) is 5.79. The fraction of sp³-hybridized carbons (Fsp3) is 0.538. The largest absolute Gasteiger partial charge is 0.301 e. The molecule has 2 atom stereocenters. The quantitative estimate of drug-likeness (QED) is 0.838. The van der Waals surface area contributed by atoms with Gasteiger partial charge in [0.1, 0.15) is 5.82 Å². The number of rotatable bonds is 2. The lowest BCUT2D eigenvalue weighted by Gasteiger charge is -2.22. The van der Waals surface area contributed by atoms with E-state index in [1.165, 1.54) is 12.1 Å². The van der Waals surface area contributed by atoms with Crippen molar-refractivity contribution >= 4 is 0 Å². The average Bonchev–Trinajstić information content (AvgIpc) is 2.54. The number of hydrogen-bond donors (Lipinski definition) is 1. The van der Waals surface area contributed by atoms with Crippen LogP contribution in [0.3, 0.4) is 0 Å². The Morgan fingerprint density at radius 2 is 2.06 bits per heavy atom. The summed E-state index contributed by atoms with van der Waals surface area (Å²) in [6, 6.07) is 4.56. The van der Waals surface area contributed by atoms with E-state index in [1.54, 1.807) is 26.0 Å². The Morgan fingerprint density at radius 1 is 1.35 bits per heavy atom. The first-order valence-corrected chi connectivity index (χ1v) is 5.79. The second-order valence-electron chi connectivity index (χ2n) is 4.96. The molecule has 17 heavy (non-hydrogen) atoms. The molecule has 0 amide bonds. The van der Waals surface area contributed by atoms with E-state index in [4.69, 9.17) is 0 Å². The van der Waals surface area contributed by atoms with E-state index in [1.807, 2.05) is 0 Å². The second kappa shape index (κ2) is 4.33. The van der Waals surface area contributed by atoms with Gasteiger partial charge in [-0.1, -0.05) is 26.0 Å². The first-order chi connectivity index (χ1) is 7.90. The summed E-state index contributed by atoms with van der Waals surface area (Å²) in [4.78, 5) is 0. The van der Waals surface area contributed by atoms with Gasteiger partial charge in [-0.25, -0.2) is 13.2 Å². The van der Waals surface area contributed by atoms with Crippen molar-refractivity contribution in [3.8, 4) is 0 Å². The monoisotopic (exact) mass is 243 g/mol. The molecule has 1 N–H and O–H groups in total. The molecule has 0 unspecified atom stereocenters. The van der Waals surface area contributed by atoms with Crippen LogP contribution in [0, 0.1) is 11.7 Å². The van der Waals surface area contributed by atoms with Gasteiger partial charge in [-0.3, -0.25) is 0 Å². The smallest absolute Gasteiger partial charge is 0.265 e. The molecule has 1 aromatic rings. The van der Waals surface area contributed by atoms with Crippen LogP contribution >= 0.6 is 0 Å². The predicted molar refractivity (Wildman–Crippen MR) is 60.5 cm³/mol. The lowest BCUT2D eigenvalue weighted by atomic mass is 9.98. The minimum Gasteiger partial charge on any atom is -0.301 e. The predicted octanol–water partition coefficient (Wildman–Crippen LogP) is 3.52. The van der Waals surface area contributed by atoms with Crippen molar-refractivity contribution in [2.24, 2.45) is 5.92 Å². The SMILES string of the molecule is CC(C)[C@@H]1N[C@H](c2cccc(F)c2)CC1(F)F. The summed E-state index contributed by atoms with van der Waals surface area (Å²) in [6.45, 7) is 3.53. The maximum absolute atomic E-state index is 13.7. The molecule has 1 aromatic carbocycles. The Balaban J connectivity index is 2.21. The van der Waals surface area contributed by atoms with Crippen LogP contribution in [-0.4, -0.2) is 12.0 Å². The van der Waals surface area contributed by atoms with E-state index in [0.717, 1.165) is 0 Å². The van der Waals surface area contributed by atoms with Crippen LogP contribution in [-0.2, 0) is 0 Å². The van der Waals surface area contributed by atoms with Crippen molar-refractivity contribution in [1.29, 1.82) is 0 Å². The van der Waals surface area contributed by atoms with Crippen LogP contribution in [0.5, 0.6) is 0 Å². The Bertz CT molecular complexity index is 403. The fourth-order valence-corrected chi connectivity index (χ4v) is 2.41. The highest BCUT2D eigenvalue weighted by atomic mass is 19.3. The molecule has 2 rings (SSSR count). The molecule has 1 aliphatic rings. The van der Waals surface area contributed by atoms with Crippen molar-refractivity contribution in [1.82, 2.24) is 5.32 Å². The molecule has 94 valence electrons. The zero-order chi connectivity index (χ0) is 12.6. The first kappa shape index (κ1) is 12.4. The van der Waals surface area contributed by atoms with Crippen molar-refractivity contribution in [3.05, 3.63) is 35.6 Å². The molecule has 0 aromatic heterocycles. The Hall–Kier alpha value is -1.03. The van der Waals surface area contributed by atoms with Gasteiger partial charge < -0.3 is 5.32 Å². The molecule has 0 saturated carbocycles. The number of alkyl halides is 2. The maximum Gasteiger partial charge on any atom is 0.265 e. The zero-order valence-electron chi connectivity index (χ0n) is 9.88. The second-order valence-corrected chi connectivity index (χ2v) is 4.96. The summed E-state index contributed by atoms with van der Waals surface area (Å²) in [6.07, 6.45) is -0.265. The van der Waals surface area contributed by atoms with Crippen molar-refractivity contribution in [3.63, 3.8) is 0 Å². The Morgan fingerprint density at radius 3 is 2.59 bits per heavy atom. The summed E-state index contributed by atoms with van der Waals surface area (Å²) < 4.78 is 40.5. The minimum absolute atomic E-state index is 0.149. The summed E-state index contributed by atoms with van der Waals surface area (Å²) in [7, 11) is 0. The molecule has 0 bridgehead atoms. The third-order valence-corrected chi connectivity index (χ3v) is 3.23. The van der Waals surface area contributed by atoms with Gasteiger partial charge in [0, 0.05) is 12.5 Å². The lowest BCUT2D eigenvalue weighted by Crippen LogP contribution is -2.40. The number of hydrogen-bond acceptors (Lipinski definition) is 1. The number of halogens is 3. The molecular formula is C13H16F3N. The normalized spacial score (nSPS) is 27.6. The number of nitrogens with one attached hydrogen (secondary N) is 1. The highest BCUT2D eigenvalue weighted by Gasteiger charge is 2.49. The molecule has 1 saturated heterocycles. The van der Waals surface area contributed by atoms with E-state index in [2.05, 4.69) is 5.32 Å². The third-order valence-electron chi connectivity index (χ3n) is 3.23. The zero-order valence-corrected chi connectivity index (χ0v) is 9.88. The van der Waals surface area contributed by atoms with E-state index < -0.39 is 18.0 Å². The summed E-state index contributed by atoms with van der Waals surface area (Å²) >= 11 is 0. The van der Waals surface area contributed by atoms with Crippen LogP contribution < -0.4 is 5.32 Å². The Labute approximate surface area is 99.0 Å². The molecule has 1 nitrogen and oxygen atoms in total. The van der Waals surface area contributed by atoms with Crippen LogP contribution in [0.1, 0.15) is 31.9 Å². The summed E-state index contributed by atoms with van der Waals surface area (Å²) in [5, 5.41) is 2.91. The van der Waals surface area contributed by atoms with Gasteiger partial charge in [-0.15, -0.1) is 0 Å². The molecule has 1 heterocycles. The van der Waals surface area contributed by atoms with Crippen molar-refractivity contribution in [2.45, 2.75) is 38.3 Å². The van der Waals surface area contributed by atoms with Gasteiger partial charge in [-0.2, -0.15) is 0 Å². The van der Waals surface area contributed by atoms with Crippen molar-refractivity contribution < 1.29 is 13.2 Å². The highest BCUT2D eigenvalue weighted by Crippen LogP contribution is 2.41. The van der Waals surface area contributed by atoms with Gasteiger partial charge in [0.25, 0.3) is 5.92 Å². The summed E-state index contributed by atoms with van der Waals surface area (Å²) in [5.74, 6) is -3.27. The van der Waals surface area contributed by atoms with Crippen LogP contribution in [0.25, 0.3) is 0 Å². The molecule has 0 aliphatic carbocycles. The van der Waals surface area contributed by atoms with E-state index in [0.29, 0.717) is 5.56 Å². The molecule has 0 radical (unpaired) electrons.